The van der Waals surface area contributed by atoms with Crippen molar-refractivity contribution < 1.29 is 19.4 Å². The van der Waals surface area contributed by atoms with E-state index in [2.05, 4.69) is 9.97 Å². The molecule has 1 aliphatic heterocycles. The molecule has 32 heavy (non-hydrogen) atoms. The van der Waals surface area contributed by atoms with Gasteiger partial charge in [0.25, 0.3) is 11.7 Å². The number of likely N-dealkylation sites (tertiary alicyclic amines) is 1. The Labute approximate surface area is 190 Å². The van der Waals surface area contributed by atoms with Gasteiger partial charge in [0.15, 0.2) is 0 Å². The number of carbonyl (C=O) groups excluding carboxylic acids is 2. The molecule has 4 rings (SSSR count). The zero-order chi connectivity index (χ0) is 22.7. The molecule has 0 aliphatic carbocycles. The summed E-state index contributed by atoms with van der Waals surface area (Å²) >= 11 is 6.17. The average molecular weight is 450 g/mol. The first-order valence-corrected chi connectivity index (χ1v) is 10.4. The number of hydrogen-bond acceptors (Lipinski definition) is 6. The predicted molar refractivity (Wildman–Crippen MR) is 119 cm³/mol. The Hall–Kier alpha value is -3.71. The fraction of sp³-hybridized carbons (Fsp3) is 0.167. The summed E-state index contributed by atoms with van der Waals surface area (Å²) in [6, 6.07) is 10.9. The van der Waals surface area contributed by atoms with E-state index in [4.69, 9.17) is 16.3 Å². The third kappa shape index (κ3) is 4.07. The molecule has 1 unspecified atom stereocenters. The standard InChI is InChI=1S/C24H20ClN3O4/c1-2-32-19-13-17(3-4-18(19)25)22(29)20-21(16-7-11-27-12-8-16)28(24(31)23(20)30)14-15-5-9-26-10-6-15/h3-13,21,29H,2,14H2,1H3/b22-20-. The van der Waals surface area contributed by atoms with E-state index in [1.54, 1.807) is 67.3 Å². The lowest BCUT2D eigenvalue weighted by Gasteiger charge is -2.25. The number of halogens is 1. The second-order valence-electron chi connectivity index (χ2n) is 7.14. The maximum Gasteiger partial charge on any atom is 0.295 e. The number of benzene rings is 1. The first-order chi connectivity index (χ1) is 15.5. The van der Waals surface area contributed by atoms with Crippen LogP contribution in [0.3, 0.4) is 0 Å². The van der Waals surface area contributed by atoms with Crippen molar-refractivity contribution in [3.63, 3.8) is 0 Å². The molecular formula is C24H20ClN3O4. The van der Waals surface area contributed by atoms with Gasteiger partial charge >= 0.3 is 0 Å². The molecule has 0 spiro atoms. The normalized spacial score (nSPS) is 17.6. The van der Waals surface area contributed by atoms with Crippen LogP contribution in [0.15, 0.2) is 72.8 Å². The van der Waals surface area contributed by atoms with Gasteiger partial charge in [0.2, 0.25) is 0 Å². The van der Waals surface area contributed by atoms with Crippen molar-refractivity contribution in [2.45, 2.75) is 19.5 Å². The third-order valence-corrected chi connectivity index (χ3v) is 5.48. The Balaban J connectivity index is 1.85. The van der Waals surface area contributed by atoms with E-state index in [1.165, 1.54) is 4.90 Å². The van der Waals surface area contributed by atoms with E-state index in [1.807, 2.05) is 6.92 Å². The number of aliphatic hydroxyl groups excluding tert-OH is 1. The molecule has 0 saturated carbocycles. The average Bonchev–Trinajstić information content (AvgIpc) is 3.06. The summed E-state index contributed by atoms with van der Waals surface area (Å²) in [5.41, 5.74) is 1.80. The van der Waals surface area contributed by atoms with Crippen molar-refractivity contribution in [3.8, 4) is 5.75 Å². The quantitative estimate of drug-likeness (QED) is 0.345. The van der Waals surface area contributed by atoms with Crippen LogP contribution in [0.5, 0.6) is 5.75 Å². The fourth-order valence-corrected chi connectivity index (χ4v) is 3.86. The van der Waals surface area contributed by atoms with Gasteiger partial charge in [-0.15, -0.1) is 0 Å². The van der Waals surface area contributed by atoms with E-state index in [9.17, 15) is 14.7 Å². The van der Waals surface area contributed by atoms with Crippen LogP contribution in [0.1, 0.15) is 29.7 Å². The van der Waals surface area contributed by atoms with E-state index in [0.29, 0.717) is 28.5 Å². The lowest BCUT2D eigenvalue weighted by atomic mass is 9.95. The van der Waals surface area contributed by atoms with Crippen molar-refractivity contribution in [1.29, 1.82) is 0 Å². The molecule has 3 aromatic rings. The number of rotatable bonds is 6. The summed E-state index contributed by atoms with van der Waals surface area (Å²) in [5, 5.41) is 11.5. The Morgan fingerprint density at radius 2 is 1.72 bits per heavy atom. The largest absolute Gasteiger partial charge is 0.507 e. The highest BCUT2D eigenvalue weighted by Gasteiger charge is 2.46. The maximum absolute atomic E-state index is 13.1. The smallest absolute Gasteiger partial charge is 0.295 e. The number of Topliss-reactive ketones (excluding diaryl/α,β-unsaturated/α-hetero) is 1. The summed E-state index contributed by atoms with van der Waals surface area (Å²) in [6.45, 7) is 2.38. The summed E-state index contributed by atoms with van der Waals surface area (Å²) in [7, 11) is 0. The first-order valence-electron chi connectivity index (χ1n) is 10.0. The molecule has 1 aromatic carbocycles. The van der Waals surface area contributed by atoms with Gasteiger partial charge in [-0.05, 0) is 60.5 Å². The second-order valence-corrected chi connectivity index (χ2v) is 7.55. The Kier molecular flexibility index (Phi) is 6.18. The topological polar surface area (TPSA) is 92.6 Å². The molecule has 3 heterocycles. The molecule has 162 valence electrons. The summed E-state index contributed by atoms with van der Waals surface area (Å²) in [6.07, 6.45) is 6.40. The molecular weight excluding hydrogens is 430 g/mol. The molecule has 2 aromatic heterocycles. The molecule has 1 fully saturated rings. The molecule has 1 saturated heterocycles. The lowest BCUT2D eigenvalue weighted by Crippen LogP contribution is -2.29. The SMILES string of the molecule is CCOc1cc(/C(O)=C2/C(=O)C(=O)N(Cc3ccncc3)C2c2ccncc2)ccc1Cl. The molecule has 1 amide bonds. The van der Waals surface area contributed by atoms with E-state index in [-0.39, 0.29) is 17.9 Å². The van der Waals surface area contributed by atoms with Crippen LogP contribution in [-0.4, -0.2) is 38.3 Å². The first kappa shape index (κ1) is 21.5. The van der Waals surface area contributed by atoms with Crippen molar-refractivity contribution in [2.75, 3.05) is 6.61 Å². The minimum absolute atomic E-state index is 0.0000250. The zero-order valence-electron chi connectivity index (χ0n) is 17.2. The number of aliphatic hydroxyl groups is 1. The van der Waals surface area contributed by atoms with E-state index >= 15 is 0 Å². The van der Waals surface area contributed by atoms with Gasteiger partial charge in [-0.1, -0.05) is 11.6 Å². The van der Waals surface area contributed by atoms with Crippen LogP contribution < -0.4 is 4.74 Å². The number of hydrogen-bond donors (Lipinski definition) is 1. The minimum Gasteiger partial charge on any atom is -0.507 e. The van der Waals surface area contributed by atoms with Crippen molar-refractivity contribution >= 4 is 29.1 Å². The van der Waals surface area contributed by atoms with Gasteiger partial charge in [0, 0.05) is 36.9 Å². The second kappa shape index (κ2) is 9.20. The van der Waals surface area contributed by atoms with Crippen molar-refractivity contribution in [2.24, 2.45) is 0 Å². The number of ketones is 1. The van der Waals surface area contributed by atoms with Gasteiger partial charge < -0.3 is 14.7 Å². The van der Waals surface area contributed by atoms with Crippen LogP contribution >= 0.6 is 11.6 Å². The third-order valence-electron chi connectivity index (χ3n) is 5.17. The number of ether oxygens (including phenoxy) is 1. The van der Waals surface area contributed by atoms with Crippen LogP contribution in [0.25, 0.3) is 5.76 Å². The molecule has 0 bridgehead atoms. The number of carbonyl (C=O) groups is 2. The number of amides is 1. The van der Waals surface area contributed by atoms with E-state index in [0.717, 1.165) is 5.56 Å². The van der Waals surface area contributed by atoms with Crippen molar-refractivity contribution in [3.05, 3.63) is 94.5 Å². The number of aromatic nitrogens is 2. The minimum atomic E-state index is -0.780. The van der Waals surface area contributed by atoms with Gasteiger partial charge in [-0.2, -0.15) is 0 Å². The van der Waals surface area contributed by atoms with Crippen molar-refractivity contribution in [1.82, 2.24) is 14.9 Å². The number of pyridine rings is 2. The lowest BCUT2D eigenvalue weighted by molar-refractivity contribution is -0.140. The van der Waals surface area contributed by atoms with Gasteiger partial charge in [-0.3, -0.25) is 19.6 Å². The highest BCUT2D eigenvalue weighted by Crippen LogP contribution is 2.41. The van der Waals surface area contributed by atoms with Gasteiger partial charge in [-0.25, -0.2) is 0 Å². The monoisotopic (exact) mass is 449 g/mol. The van der Waals surface area contributed by atoms with Crippen LogP contribution in [0, 0.1) is 0 Å². The maximum atomic E-state index is 13.1. The molecule has 1 atom stereocenters. The van der Waals surface area contributed by atoms with Gasteiger partial charge in [0.1, 0.15) is 11.5 Å². The summed E-state index contributed by atoms with van der Waals surface area (Å²) < 4.78 is 5.51. The number of nitrogens with zero attached hydrogens (tertiary/aromatic N) is 3. The molecule has 1 aliphatic rings. The van der Waals surface area contributed by atoms with Crippen LogP contribution in [0.4, 0.5) is 0 Å². The van der Waals surface area contributed by atoms with Gasteiger partial charge in [0.05, 0.1) is 23.2 Å². The zero-order valence-corrected chi connectivity index (χ0v) is 18.0. The van der Waals surface area contributed by atoms with Crippen LogP contribution in [-0.2, 0) is 16.1 Å². The summed E-state index contributed by atoms with van der Waals surface area (Å²) in [4.78, 5) is 35.6. The summed E-state index contributed by atoms with van der Waals surface area (Å²) in [5.74, 6) is -1.36. The Bertz CT molecular complexity index is 1180. The molecule has 0 radical (unpaired) electrons. The van der Waals surface area contributed by atoms with Crippen LogP contribution in [0.2, 0.25) is 5.02 Å². The van der Waals surface area contributed by atoms with E-state index < -0.39 is 17.7 Å². The highest BCUT2D eigenvalue weighted by molar-refractivity contribution is 6.46. The Morgan fingerprint density at radius 3 is 2.38 bits per heavy atom. The molecule has 7 nitrogen and oxygen atoms in total. The predicted octanol–water partition coefficient (Wildman–Crippen LogP) is 4.15. The molecule has 8 heteroatoms. The fourth-order valence-electron chi connectivity index (χ4n) is 3.69. The Morgan fingerprint density at radius 1 is 1.06 bits per heavy atom. The highest BCUT2D eigenvalue weighted by atomic mass is 35.5. The molecule has 1 N–H and O–H groups in total.